The van der Waals surface area contributed by atoms with Crippen LogP contribution in [-0.4, -0.2) is 25.8 Å². The van der Waals surface area contributed by atoms with Gasteiger partial charge in [0, 0.05) is 29.5 Å². The van der Waals surface area contributed by atoms with Crippen LogP contribution in [0.25, 0.3) is 5.69 Å². The molecule has 0 spiro atoms. The smallest absolute Gasteiger partial charge is 0.174 e. The van der Waals surface area contributed by atoms with Crippen LogP contribution in [0.1, 0.15) is 60.4 Å². The molecule has 1 saturated carbocycles. The number of anilines is 1. The van der Waals surface area contributed by atoms with Gasteiger partial charge >= 0.3 is 0 Å². The highest BCUT2D eigenvalue weighted by atomic mass is 32.1. The second-order valence-corrected chi connectivity index (χ2v) is 10.3. The first-order valence-corrected chi connectivity index (χ1v) is 13.4. The molecule has 7 heteroatoms. The number of nitrogens with zero attached hydrogens (tertiary/aromatic N) is 4. The Labute approximate surface area is 223 Å². The zero-order valence-corrected chi connectivity index (χ0v) is 22.0. The second kappa shape index (κ2) is 9.98. The van der Waals surface area contributed by atoms with E-state index in [4.69, 9.17) is 21.9 Å². The molecule has 0 amide bonds. The molecule has 0 radical (unpaired) electrons. The van der Waals surface area contributed by atoms with E-state index < -0.39 is 0 Å². The maximum absolute atomic E-state index is 6.22. The summed E-state index contributed by atoms with van der Waals surface area (Å²) in [5, 5.41) is 4.27. The van der Waals surface area contributed by atoms with Gasteiger partial charge in [-0.25, -0.2) is 0 Å². The van der Waals surface area contributed by atoms with E-state index in [1.54, 1.807) is 6.20 Å². The number of aromatic nitrogens is 3. The van der Waals surface area contributed by atoms with Crippen LogP contribution in [0.2, 0.25) is 0 Å². The van der Waals surface area contributed by atoms with Crippen LogP contribution in [0.5, 0.6) is 5.75 Å². The third-order valence-corrected chi connectivity index (χ3v) is 7.83. The van der Waals surface area contributed by atoms with Gasteiger partial charge in [0.05, 0.1) is 35.8 Å². The predicted molar refractivity (Wildman–Crippen MR) is 150 cm³/mol. The zero-order chi connectivity index (χ0) is 25.4. The first-order valence-electron chi connectivity index (χ1n) is 13.0. The van der Waals surface area contributed by atoms with Gasteiger partial charge in [0.15, 0.2) is 5.11 Å². The molecule has 4 aromatic rings. The van der Waals surface area contributed by atoms with E-state index in [1.165, 1.54) is 18.4 Å². The molecule has 1 aliphatic heterocycles. The van der Waals surface area contributed by atoms with Crippen LogP contribution in [0, 0.1) is 13.8 Å². The maximum Gasteiger partial charge on any atom is 0.174 e. The van der Waals surface area contributed by atoms with Gasteiger partial charge in [-0.2, -0.15) is 0 Å². The van der Waals surface area contributed by atoms with Gasteiger partial charge in [-0.1, -0.05) is 6.07 Å². The Morgan fingerprint density at radius 1 is 0.946 bits per heavy atom. The number of ether oxygens (including phenoxy) is 1. The summed E-state index contributed by atoms with van der Waals surface area (Å²) in [6.45, 7) is 4.31. The molecule has 0 bridgehead atoms. The van der Waals surface area contributed by atoms with E-state index in [0.717, 1.165) is 47.0 Å². The molecular formula is C30H31N5OS. The zero-order valence-electron chi connectivity index (χ0n) is 21.2. The van der Waals surface area contributed by atoms with E-state index >= 15 is 0 Å². The molecule has 1 saturated heterocycles. The molecule has 1 aliphatic carbocycles. The van der Waals surface area contributed by atoms with Crippen molar-refractivity contribution in [3.63, 3.8) is 0 Å². The summed E-state index contributed by atoms with van der Waals surface area (Å²) in [5.41, 5.74) is 6.56. The topological polar surface area (TPSA) is 55.2 Å². The van der Waals surface area contributed by atoms with Gasteiger partial charge in [0.2, 0.25) is 0 Å². The minimum absolute atomic E-state index is 0.0689. The molecular weight excluding hydrogens is 478 g/mol. The van der Waals surface area contributed by atoms with E-state index in [-0.39, 0.29) is 12.1 Å². The number of thiocarbonyl (C=S) groups is 1. The SMILES string of the molecule is Cc1cc([C@H]2[C@@H](c3ccccn3)NC(=S)N2c2ccc(OC3CCCC3)cc2)c(C)n1-c1cccnc1. The molecule has 6 nitrogen and oxygen atoms in total. The van der Waals surface area contributed by atoms with Crippen molar-refractivity contribution in [1.82, 2.24) is 19.9 Å². The summed E-state index contributed by atoms with van der Waals surface area (Å²) in [7, 11) is 0. The number of nitrogens with one attached hydrogen (secondary N) is 1. The van der Waals surface area contributed by atoms with Crippen molar-refractivity contribution in [3.8, 4) is 11.4 Å². The van der Waals surface area contributed by atoms with Crippen LogP contribution in [0.4, 0.5) is 5.69 Å². The highest BCUT2D eigenvalue weighted by Crippen LogP contribution is 2.44. The Morgan fingerprint density at radius 3 is 2.46 bits per heavy atom. The summed E-state index contributed by atoms with van der Waals surface area (Å²) in [4.78, 5) is 11.3. The monoisotopic (exact) mass is 509 g/mol. The quantitative estimate of drug-likeness (QED) is 0.304. The van der Waals surface area contributed by atoms with Crippen molar-refractivity contribution in [2.75, 3.05) is 4.90 Å². The summed E-state index contributed by atoms with van der Waals surface area (Å²) >= 11 is 5.94. The van der Waals surface area contributed by atoms with Gasteiger partial charge < -0.3 is 19.5 Å². The molecule has 3 aromatic heterocycles. The minimum atomic E-state index is -0.0917. The Kier molecular flexibility index (Phi) is 6.38. The van der Waals surface area contributed by atoms with E-state index in [9.17, 15) is 0 Å². The number of hydrogen-bond acceptors (Lipinski definition) is 4. The third-order valence-electron chi connectivity index (χ3n) is 7.51. The Balaban J connectivity index is 1.41. The average molecular weight is 510 g/mol. The molecule has 1 N–H and O–H groups in total. The van der Waals surface area contributed by atoms with Gasteiger partial charge in [0.25, 0.3) is 0 Å². The maximum atomic E-state index is 6.22. The standard InChI is InChI=1S/C30H31N5OS/c1-20-18-26(21(2)34(20)23-8-7-16-31-19-23)29-28(27-11-5-6-17-32-27)33-30(37)35(29)22-12-14-25(15-13-22)36-24-9-3-4-10-24/h5-8,11-19,24,28-29H,3-4,9-10H2,1-2H3,(H,33,37)/t28-,29+/m1/s1. The fourth-order valence-electron chi connectivity index (χ4n) is 5.80. The average Bonchev–Trinajstić information content (AvgIpc) is 3.63. The van der Waals surface area contributed by atoms with Crippen LogP contribution < -0.4 is 15.0 Å². The molecule has 2 fully saturated rings. The number of hydrogen-bond donors (Lipinski definition) is 1. The van der Waals surface area contributed by atoms with Crippen LogP contribution in [0.3, 0.4) is 0 Å². The lowest BCUT2D eigenvalue weighted by Crippen LogP contribution is -2.29. The van der Waals surface area contributed by atoms with Crippen molar-refractivity contribution in [2.45, 2.75) is 57.7 Å². The normalized spacial score (nSPS) is 19.8. The first-order chi connectivity index (χ1) is 18.1. The number of benzene rings is 1. The van der Waals surface area contributed by atoms with Gasteiger partial charge in [0.1, 0.15) is 5.75 Å². The Morgan fingerprint density at radius 2 is 1.76 bits per heavy atom. The number of aryl methyl sites for hydroxylation is 1. The number of pyridine rings is 2. The predicted octanol–water partition coefficient (Wildman–Crippen LogP) is 6.38. The lowest BCUT2D eigenvalue weighted by molar-refractivity contribution is 0.210. The van der Waals surface area contributed by atoms with Crippen molar-refractivity contribution in [2.24, 2.45) is 0 Å². The van der Waals surface area contributed by atoms with Gasteiger partial charge in [-0.15, -0.1) is 0 Å². The van der Waals surface area contributed by atoms with Crippen LogP contribution in [0.15, 0.2) is 79.3 Å². The first kappa shape index (κ1) is 23.7. The highest BCUT2D eigenvalue weighted by Gasteiger charge is 2.42. The summed E-state index contributed by atoms with van der Waals surface area (Å²) in [6.07, 6.45) is 10.7. The summed E-state index contributed by atoms with van der Waals surface area (Å²) < 4.78 is 8.48. The fraction of sp³-hybridized carbons (Fsp3) is 0.300. The Hall–Kier alpha value is -3.71. The van der Waals surface area contributed by atoms with E-state index in [0.29, 0.717) is 11.2 Å². The van der Waals surface area contributed by atoms with Crippen molar-refractivity contribution in [3.05, 3.63) is 102 Å². The minimum Gasteiger partial charge on any atom is -0.490 e. The molecule has 6 rings (SSSR count). The molecule has 4 heterocycles. The van der Waals surface area contributed by atoms with Crippen molar-refractivity contribution < 1.29 is 4.74 Å². The fourth-order valence-corrected chi connectivity index (χ4v) is 6.15. The van der Waals surface area contributed by atoms with Gasteiger partial charge in [-0.05, 0) is 112 Å². The Bertz CT molecular complexity index is 1380. The van der Waals surface area contributed by atoms with Crippen molar-refractivity contribution in [1.29, 1.82) is 0 Å². The van der Waals surface area contributed by atoms with Gasteiger partial charge in [-0.3, -0.25) is 9.97 Å². The second-order valence-electron chi connectivity index (χ2n) is 9.89. The summed E-state index contributed by atoms with van der Waals surface area (Å²) in [5.74, 6) is 0.918. The lowest BCUT2D eigenvalue weighted by Gasteiger charge is -2.28. The molecule has 0 unspecified atom stereocenters. The molecule has 37 heavy (non-hydrogen) atoms. The lowest BCUT2D eigenvalue weighted by atomic mass is 9.96. The molecule has 2 atom stereocenters. The molecule has 2 aliphatic rings. The van der Waals surface area contributed by atoms with Crippen LogP contribution >= 0.6 is 12.2 Å². The van der Waals surface area contributed by atoms with Crippen molar-refractivity contribution >= 4 is 23.0 Å². The third kappa shape index (κ3) is 4.48. The van der Waals surface area contributed by atoms with E-state index in [2.05, 4.69) is 76.1 Å². The van der Waals surface area contributed by atoms with E-state index in [1.807, 2.05) is 30.6 Å². The number of rotatable bonds is 6. The van der Waals surface area contributed by atoms with Crippen LogP contribution in [-0.2, 0) is 0 Å². The molecule has 188 valence electrons. The highest BCUT2D eigenvalue weighted by molar-refractivity contribution is 7.80. The summed E-state index contributed by atoms with van der Waals surface area (Å²) in [6, 6.07) is 20.6. The molecule has 1 aromatic carbocycles. The largest absolute Gasteiger partial charge is 0.490 e.